The first kappa shape index (κ1) is 75.9. The van der Waals surface area contributed by atoms with E-state index in [2.05, 4.69) is 19.2 Å². The molecule has 0 spiro atoms. The van der Waals surface area contributed by atoms with E-state index in [0.717, 1.165) is 38.5 Å². The lowest BCUT2D eigenvalue weighted by Gasteiger charge is -2.22. The zero-order chi connectivity index (χ0) is 55.7. The molecule has 0 aromatic rings. The molecule has 2 atom stereocenters. The Kier molecular flexibility index (Phi) is 66.4. The highest BCUT2D eigenvalue weighted by Gasteiger charge is 2.20. The van der Waals surface area contributed by atoms with Crippen molar-refractivity contribution in [3.63, 3.8) is 0 Å². The van der Waals surface area contributed by atoms with Crippen molar-refractivity contribution < 1.29 is 24.5 Å². The zero-order valence-corrected chi connectivity index (χ0v) is 52.7. The molecule has 0 aliphatic heterocycles. The van der Waals surface area contributed by atoms with Crippen LogP contribution < -0.4 is 5.32 Å². The maximum atomic E-state index is 12.6. The number of esters is 1. The van der Waals surface area contributed by atoms with Gasteiger partial charge in [-0.3, -0.25) is 9.59 Å². The van der Waals surface area contributed by atoms with Gasteiger partial charge in [-0.2, -0.15) is 0 Å². The van der Waals surface area contributed by atoms with Gasteiger partial charge in [0.25, 0.3) is 0 Å². The van der Waals surface area contributed by atoms with Crippen molar-refractivity contribution in [1.29, 1.82) is 0 Å². The van der Waals surface area contributed by atoms with Gasteiger partial charge in [0.05, 0.1) is 25.4 Å². The summed E-state index contributed by atoms with van der Waals surface area (Å²) in [6.45, 7) is 5.00. The average Bonchev–Trinajstić information content (AvgIpc) is 3.43. The summed E-state index contributed by atoms with van der Waals surface area (Å²) in [5.41, 5.74) is 0. The second kappa shape index (κ2) is 67.4. The van der Waals surface area contributed by atoms with Crippen LogP contribution in [0.1, 0.15) is 418 Å². The Morgan fingerprint density at radius 2 is 0.532 bits per heavy atom. The first-order chi connectivity index (χ1) is 38.0. The molecule has 0 heterocycles. The molecule has 0 aliphatic rings. The number of unbranched alkanes of at least 4 members (excludes halogenated alkanes) is 57. The lowest BCUT2D eigenvalue weighted by atomic mass is 10.0. The second-order valence-electron chi connectivity index (χ2n) is 24.9. The lowest BCUT2D eigenvalue weighted by molar-refractivity contribution is -0.143. The number of carbonyl (C=O) groups is 2. The first-order valence-electron chi connectivity index (χ1n) is 35.8. The molecular formula is C71H141NO5. The summed E-state index contributed by atoms with van der Waals surface area (Å²) < 4.78 is 5.48. The van der Waals surface area contributed by atoms with Crippen LogP contribution in [0.4, 0.5) is 0 Å². The van der Waals surface area contributed by atoms with Crippen LogP contribution in [0, 0.1) is 0 Å². The highest BCUT2D eigenvalue weighted by molar-refractivity contribution is 5.76. The molecule has 0 saturated heterocycles. The van der Waals surface area contributed by atoms with Gasteiger partial charge in [0.15, 0.2) is 0 Å². The predicted octanol–water partition coefficient (Wildman–Crippen LogP) is 23.0. The minimum Gasteiger partial charge on any atom is -0.466 e. The summed E-state index contributed by atoms with van der Waals surface area (Å²) in [6.07, 6.45) is 81.5. The van der Waals surface area contributed by atoms with Crippen molar-refractivity contribution in [3.05, 3.63) is 0 Å². The molecule has 77 heavy (non-hydrogen) atoms. The SMILES string of the molecule is CCCCCCCCCCCCCCCCCCCCCCCCCCC(O)C(CO)NC(=O)CCCCCCCCCCCCCCCCCCCCCCCCCCOC(=O)CCCCCCCCCCCCCC. The summed E-state index contributed by atoms with van der Waals surface area (Å²) in [5, 5.41) is 23.5. The molecule has 0 aromatic carbocycles. The van der Waals surface area contributed by atoms with E-state index in [0.29, 0.717) is 25.9 Å². The number of carbonyl (C=O) groups excluding carboxylic acids is 2. The average molecular weight is 1090 g/mol. The van der Waals surface area contributed by atoms with Crippen LogP contribution in [-0.4, -0.2) is 47.4 Å². The number of rotatable bonds is 68. The summed E-state index contributed by atoms with van der Waals surface area (Å²) in [4.78, 5) is 24.6. The van der Waals surface area contributed by atoms with Crippen LogP contribution in [0.5, 0.6) is 0 Å². The van der Waals surface area contributed by atoms with Gasteiger partial charge < -0.3 is 20.3 Å². The summed E-state index contributed by atoms with van der Waals surface area (Å²) >= 11 is 0. The van der Waals surface area contributed by atoms with E-state index < -0.39 is 12.1 Å². The third-order valence-electron chi connectivity index (χ3n) is 17.2. The minimum atomic E-state index is -0.664. The summed E-state index contributed by atoms with van der Waals surface area (Å²) in [7, 11) is 0. The van der Waals surface area contributed by atoms with Gasteiger partial charge in [0.1, 0.15) is 0 Å². The van der Waals surface area contributed by atoms with E-state index in [1.165, 1.54) is 347 Å². The highest BCUT2D eigenvalue weighted by atomic mass is 16.5. The zero-order valence-electron chi connectivity index (χ0n) is 52.7. The fourth-order valence-corrected chi connectivity index (χ4v) is 11.7. The smallest absolute Gasteiger partial charge is 0.305 e. The quantitative estimate of drug-likeness (QED) is 0.0417. The molecule has 6 heteroatoms. The predicted molar refractivity (Wildman–Crippen MR) is 338 cm³/mol. The van der Waals surface area contributed by atoms with Gasteiger partial charge in [-0.1, -0.05) is 380 Å². The lowest BCUT2D eigenvalue weighted by Crippen LogP contribution is -2.45. The Labute approximate surface area is 483 Å². The van der Waals surface area contributed by atoms with E-state index in [1.54, 1.807) is 0 Å². The third-order valence-corrected chi connectivity index (χ3v) is 17.2. The molecule has 0 radical (unpaired) electrons. The topological polar surface area (TPSA) is 95.9 Å². The molecule has 0 bridgehead atoms. The summed E-state index contributed by atoms with van der Waals surface area (Å²) in [5.74, 6) is -0.0102. The van der Waals surface area contributed by atoms with Gasteiger partial charge in [-0.05, 0) is 25.7 Å². The van der Waals surface area contributed by atoms with Gasteiger partial charge in [0, 0.05) is 12.8 Å². The van der Waals surface area contributed by atoms with E-state index in [9.17, 15) is 19.8 Å². The first-order valence-corrected chi connectivity index (χ1v) is 35.8. The number of hydrogen-bond donors (Lipinski definition) is 3. The number of aliphatic hydroxyl groups excluding tert-OH is 2. The Hall–Kier alpha value is -1.14. The molecule has 0 aromatic heterocycles. The Balaban J connectivity index is 3.36. The molecule has 0 fully saturated rings. The van der Waals surface area contributed by atoms with E-state index in [4.69, 9.17) is 4.74 Å². The Bertz CT molecular complexity index is 1120. The third kappa shape index (κ3) is 63.9. The standard InChI is InChI=1S/C71H141NO5/c1-3-5-7-9-11-13-15-17-18-19-20-21-22-25-28-31-34-37-40-43-47-51-55-59-63-69(74)68(67-73)72-70(75)64-60-56-52-48-44-41-38-35-32-29-26-23-24-27-30-33-36-39-42-46-50-54-58-62-66-77-71(76)65-61-57-53-49-45-16-14-12-10-8-6-4-2/h68-69,73-74H,3-67H2,1-2H3,(H,72,75). The minimum absolute atomic E-state index is 0.0176. The Morgan fingerprint density at radius 3 is 0.792 bits per heavy atom. The fraction of sp³-hybridized carbons (Fsp3) is 0.972. The molecule has 460 valence electrons. The van der Waals surface area contributed by atoms with Crippen molar-refractivity contribution in [2.24, 2.45) is 0 Å². The normalized spacial score (nSPS) is 12.4. The van der Waals surface area contributed by atoms with Crippen molar-refractivity contribution >= 4 is 11.9 Å². The van der Waals surface area contributed by atoms with Crippen molar-refractivity contribution in [1.82, 2.24) is 5.32 Å². The van der Waals surface area contributed by atoms with E-state index in [1.807, 2.05) is 0 Å². The maximum Gasteiger partial charge on any atom is 0.305 e. The molecule has 0 rings (SSSR count). The number of hydrogen-bond acceptors (Lipinski definition) is 5. The van der Waals surface area contributed by atoms with Crippen molar-refractivity contribution in [2.45, 2.75) is 431 Å². The Morgan fingerprint density at radius 1 is 0.312 bits per heavy atom. The van der Waals surface area contributed by atoms with Crippen LogP contribution in [0.15, 0.2) is 0 Å². The van der Waals surface area contributed by atoms with E-state index >= 15 is 0 Å². The van der Waals surface area contributed by atoms with Gasteiger partial charge in [-0.25, -0.2) is 0 Å². The molecule has 2 unspecified atom stereocenters. The fourth-order valence-electron chi connectivity index (χ4n) is 11.7. The molecule has 3 N–H and O–H groups in total. The van der Waals surface area contributed by atoms with Crippen molar-refractivity contribution in [2.75, 3.05) is 13.2 Å². The second-order valence-corrected chi connectivity index (χ2v) is 24.9. The number of amides is 1. The van der Waals surface area contributed by atoms with Crippen LogP contribution in [0.2, 0.25) is 0 Å². The molecule has 0 aliphatic carbocycles. The molecule has 6 nitrogen and oxygen atoms in total. The van der Waals surface area contributed by atoms with Gasteiger partial charge >= 0.3 is 5.97 Å². The largest absolute Gasteiger partial charge is 0.466 e. The summed E-state index contributed by atoms with van der Waals surface area (Å²) in [6, 6.07) is -0.541. The highest BCUT2D eigenvalue weighted by Crippen LogP contribution is 2.20. The van der Waals surface area contributed by atoms with Gasteiger partial charge in [0.2, 0.25) is 5.91 Å². The van der Waals surface area contributed by atoms with Crippen LogP contribution in [0.3, 0.4) is 0 Å². The molecular weight excluding hydrogens is 947 g/mol. The van der Waals surface area contributed by atoms with Gasteiger partial charge in [-0.15, -0.1) is 0 Å². The number of nitrogens with one attached hydrogen (secondary N) is 1. The number of aliphatic hydroxyl groups is 2. The number of ether oxygens (including phenoxy) is 1. The molecule has 0 saturated carbocycles. The maximum absolute atomic E-state index is 12.6. The monoisotopic (exact) mass is 1090 g/mol. The van der Waals surface area contributed by atoms with E-state index in [-0.39, 0.29) is 18.5 Å². The molecule has 1 amide bonds. The van der Waals surface area contributed by atoms with Crippen LogP contribution in [-0.2, 0) is 14.3 Å². The van der Waals surface area contributed by atoms with Crippen LogP contribution in [0.25, 0.3) is 0 Å². The van der Waals surface area contributed by atoms with Crippen LogP contribution >= 0.6 is 0 Å². The van der Waals surface area contributed by atoms with Crippen molar-refractivity contribution in [3.8, 4) is 0 Å².